The van der Waals surface area contributed by atoms with Gasteiger partial charge in [0.15, 0.2) is 0 Å². The van der Waals surface area contributed by atoms with Crippen LogP contribution in [0.5, 0.6) is 0 Å². The van der Waals surface area contributed by atoms with Gasteiger partial charge in [0.1, 0.15) is 5.60 Å². The van der Waals surface area contributed by atoms with Crippen molar-refractivity contribution >= 4 is 6.47 Å². The van der Waals surface area contributed by atoms with Gasteiger partial charge in [-0.05, 0) is 38.5 Å². The van der Waals surface area contributed by atoms with Crippen LogP contribution < -0.4 is 0 Å². The van der Waals surface area contributed by atoms with Crippen LogP contribution >= 0.6 is 0 Å². The first-order chi connectivity index (χ1) is 10.2. The molecule has 0 atom stereocenters. The van der Waals surface area contributed by atoms with Crippen molar-refractivity contribution in [2.75, 3.05) is 0 Å². The largest absolute Gasteiger partial charge is 0.461 e. The van der Waals surface area contributed by atoms with Gasteiger partial charge in [0.25, 0.3) is 6.47 Å². The van der Waals surface area contributed by atoms with Crippen molar-refractivity contribution in [2.45, 2.75) is 116 Å². The van der Waals surface area contributed by atoms with Crippen LogP contribution in [0.15, 0.2) is 0 Å². The molecule has 0 radical (unpaired) electrons. The minimum atomic E-state index is -0.168. The highest BCUT2D eigenvalue weighted by Gasteiger charge is 2.30. The number of rotatable bonds is 16. The van der Waals surface area contributed by atoms with Crippen LogP contribution in [0.3, 0.4) is 0 Å². The molecule has 0 unspecified atom stereocenters. The van der Waals surface area contributed by atoms with E-state index >= 15 is 0 Å². The zero-order valence-electron chi connectivity index (χ0n) is 14.8. The zero-order valence-corrected chi connectivity index (χ0v) is 14.8. The fourth-order valence-corrected chi connectivity index (χ4v) is 3.10. The lowest BCUT2D eigenvalue weighted by molar-refractivity contribution is -0.146. The molecule has 0 aliphatic heterocycles. The van der Waals surface area contributed by atoms with Gasteiger partial charge in [-0.2, -0.15) is 0 Å². The Morgan fingerprint density at radius 1 is 0.667 bits per heavy atom. The van der Waals surface area contributed by atoms with Crippen LogP contribution in [0.4, 0.5) is 0 Å². The first-order valence-electron chi connectivity index (χ1n) is 9.36. The summed E-state index contributed by atoms with van der Waals surface area (Å²) < 4.78 is 5.65. The van der Waals surface area contributed by atoms with E-state index in [2.05, 4.69) is 20.8 Å². The Morgan fingerprint density at radius 3 is 1.48 bits per heavy atom. The van der Waals surface area contributed by atoms with Crippen LogP contribution in [0.1, 0.15) is 111 Å². The molecule has 0 bridgehead atoms. The van der Waals surface area contributed by atoms with Crippen molar-refractivity contribution in [1.82, 2.24) is 0 Å². The fraction of sp³-hybridized carbons (Fsp3) is 0.947. The molecular formula is C19H38O2. The van der Waals surface area contributed by atoms with Gasteiger partial charge < -0.3 is 4.74 Å². The summed E-state index contributed by atoms with van der Waals surface area (Å²) >= 11 is 0. The maximum atomic E-state index is 11.0. The first-order valence-corrected chi connectivity index (χ1v) is 9.36. The van der Waals surface area contributed by atoms with E-state index in [0.717, 1.165) is 19.3 Å². The third-order valence-corrected chi connectivity index (χ3v) is 4.51. The van der Waals surface area contributed by atoms with E-state index in [1.807, 2.05) is 0 Å². The fourth-order valence-electron chi connectivity index (χ4n) is 3.10. The topological polar surface area (TPSA) is 26.3 Å². The summed E-state index contributed by atoms with van der Waals surface area (Å²) in [6.07, 6.45) is 16.9. The third-order valence-electron chi connectivity index (χ3n) is 4.51. The standard InChI is InChI=1S/C19H38O2/c1-4-7-10-11-14-17-19(21-18-20,15-12-8-5-2)16-13-9-6-3/h18H,4-17H2,1-3H3. The summed E-state index contributed by atoms with van der Waals surface area (Å²) in [6, 6.07) is 0. The molecule has 0 aromatic carbocycles. The quantitative estimate of drug-likeness (QED) is 0.243. The maximum Gasteiger partial charge on any atom is 0.293 e. The molecule has 21 heavy (non-hydrogen) atoms. The van der Waals surface area contributed by atoms with Crippen molar-refractivity contribution in [3.8, 4) is 0 Å². The predicted octanol–water partition coefficient (Wildman–Crippen LogP) is 6.42. The SMILES string of the molecule is CCCCCCCC(CCCCC)(CCCCC)OC=O. The van der Waals surface area contributed by atoms with Crippen molar-refractivity contribution < 1.29 is 9.53 Å². The molecule has 0 fully saturated rings. The molecule has 0 aromatic heterocycles. The Bertz CT molecular complexity index is 216. The highest BCUT2D eigenvalue weighted by molar-refractivity contribution is 5.38. The molecule has 0 N–H and O–H groups in total. The number of ether oxygens (including phenoxy) is 1. The summed E-state index contributed by atoms with van der Waals surface area (Å²) in [7, 11) is 0. The Hall–Kier alpha value is -0.530. The van der Waals surface area contributed by atoms with Crippen molar-refractivity contribution in [1.29, 1.82) is 0 Å². The summed E-state index contributed by atoms with van der Waals surface area (Å²) in [5, 5.41) is 0. The lowest BCUT2D eigenvalue weighted by Gasteiger charge is -2.32. The van der Waals surface area contributed by atoms with E-state index in [1.54, 1.807) is 0 Å². The molecule has 0 rings (SSSR count). The van der Waals surface area contributed by atoms with E-state index in [9.17, 15) is 4.79 Å². The molecule has 0 aliphatic rings. The van der Waals surface area contributed by atoms with E-state index in [1.165, 1.54) is 70.6 Å². The smallest absolute Gasteiger partial charge is 0.293 e. The Morgan fingerprint density at radius 2 is 1.05 bits per heavy atom. The molecule has 0 saturated carbocycles. The van der Waals surface area contributed by atoms with Gasteiger partial charge in [-0.1, -0.05) is 72.1 Å². The minimum Gasteiger partial charge on any atom is -0.461 e. The van der Waals surface area contributed by atoms with E-state index in [-0.39, 0.29) is 5.60 Å². The molecule has 0 amide bonds. The van der Waals surface area contributed by atoms with E-state index in [0.29, 0.717) is 6.47 Å². The van der Waals surface area contributed by atoms with Crippen LogP contribution in [0.2, 0.25) is 0 Å². The Balaban J connectivity index is 4.37. The number of unbranched alkanes of at least 4 members (excludes halogenated alkanes) is 8. The van der Waals surface area contributed by atoms with E-state index < -0.39 is 0 Å². The zero-order chi connectivity index (χ0) is 15.8. The summed E-state index contributed by atoms with van der Waals surface area (Å²) in [6.45, 7) is 7.40. The van der Waals surface area contributed by atoms with Crippen LogP contribution in [-0.4, -0.2) is 12.1 Å². The van der Waals surface area contributed by atoms with Crippen LogP contribution in [-0.2, 0) is 9.53 Å². The highest BCUT2D eigenvalue weighted by atomic mass is 16.5. The molecule has 0 aromatic rings. The average Bonchev–Trinajstić information content (AvgIpc) is 2.48. The Kier molecular flexibility index (Phi) is 14.0. The van der Waals surface area contributed by atoms with Gasteiger partial charge in [0.2, 0.25) is 0 Å². The molecule has 2 nitrogen and oxygen atoms in total. The van der Waals surface area contributed by atoms with Crippen molar-refractivity contribution in [2.24, 2.45) is 0 Å². The van der Waals surface area contributed by atoms with Crippen LogP contribution in [0.25, 0.3) is 0 Å². The summed E-state index contributed by atoms with van der Waals surface area (Å²) in [5.74, 6) is 0. The molecule has 0 aliphatic carbocycles. The molecule has 0 spiro atoms. The molecule has 126 valence electrons. The van der Waals surface area contributed by atoms with Crippen molar-refractivity contribution in [3.05, 3.63) is 0 Å². The highest BCUT2D eigenvalue weighted by Crippen LogP contribution is 2.32. The number of hydrogen-bond acceptors (Lipinski definition) is 2. The Labute approximate surface area is 133 Å². The van der Waals surface area contributed by atoms with Gasteiger partial charge in [-0.25, -0.2) is 0 Å². The van der Waals surface area contributed by atoms with Gasteiger partial charge in [0.05, 0.1) is 0 Å². The number of hydrogen-bond donors (Lipinski definition) is 0. The number of carbonyl (C=O) groups is 1. The van der Waals surface area contributed by atoms with Gasteiger partial charge >= 0.3 is 0 Å². The normalized spacial score (nSPS) is 11.6. The monoisotopic (exact) mass is 298 g/mol. The lowest BCUT2D eigenvalue weighted by Crippen LogP contribution is -2.32. The second-order valence-corrected chi connectivity index (χ2v) is 6.48. The first kappa shape index (κ1) is 20.5. The van der Waals surface area contributed by atoms with Gasteiger partial charge in [-0.3, -0.25) is 4.79 Å². The second-order valence-electron chi connectivity index (χ2n) is 6.48. The number of carbonyl (C=O) groups excluding carboxylic acids is 1. The third kappa shape index (κ3) is 10.8. The lowest BCUT2D eigenvalue weighted by atomic mass is 9.85. The van der Waals surface area contributed by atoms with Crippen LogP contribution in [0, 0.1) is 0 Å². The van der Waals surface area contributed by atoms with Gasteiger partial charge in [0, 0.05) is 0 Å². The molecule has 0 heterocycles. The molecule has 0 saturated heterocycles. The van der Waals surface area contributed by atoms with E-state index in [4.69, 9.17) is 4.74 Å². The average molecular weight is 299 g/mol. The summed E-state index contributed by atoms with van der Waals surface area (Å²) in [5.41, 5.74) is -0.168. The predicted molar refractivity (Wildman–Crippen MR) is 91.5 cm³/mol. The summed E-state index contributed by atoms with van der Waals surface area (Å²) in [4.78, 5) is 11.0. The minimum absolute atomic E-state index is 0.168. The van der Waals surface area contributed by atoms with Gasteiger partial charge in [-0.15, -0.1) is 0 Å². The van der Waals surface area contributed by atoms with Crippen molar-refractivity contribution in [3.63, 3.8) is 0 Å². The molecular weight excluding hydrogens is 260 g/mol. The second kappa shape index (κ2) is 14.4. The maximum absolute atomic E-state index is 11.0. The molecule has 2 heteroatoms.